The van der Waals surface area contributed by atoms with Crippen molar-refractivity contribution in [1.82, 2.24) is 0 Å². The van der Waals surface area contributed by atoms with Crippen LogP contribution in [0.15, 0.2) is 72.8 Å². The first-order valence-corrected chi connectivity index (χ1v) is 11.9. The van der Waals surface area contributed by atoms with Crippen molar-refractivity contribution in [3.63, 3.8) is 0 Å². The molecule has 0 bridgehead atoms. The SMILES string of the molecule is CC(C)S(=O)(=O)Cc1cc(OCc2ccccc2)cc(C(=O)O)c1OCc1ccccc1. The molecular formula is C25H26O6S. The van der Waals surface area contributed by atoms with Gasteiger partial charge in [0.25, 0.3) is 0 Å². The van der Waals surface area contributed by atoms with Crippen LogP contribution in [0.4, 0.5) is 0 Å². The van der Waals surface area contributed by atoms with E-state index in [2.05, 4.69) is 0 Å². The molecule has 0 saturated heterocycles. The molecule has 0 aromatic heterocycles. The molecule has 0 atom stereocenters. The van der Waals surface area contributed by atoms with Crippen LogP contribution in [0.5, 0.6) is 11.5 Å². The van der Waals surface area contributed by atoms with Crippen molar-refractivity contribution >= 4 is 15.8 Å². The minimum Gasteiger partial charge on any atom is -0.489 e. The van der Waals surface area contributed by atoms with Gasteiger partial charge in [-0.05, 0) is 37.1 Å². The van der Waals surface area contributed by atoms with Crippen molar-refractivity contribution < 1.29 is 27.8 Å². The zero-order valence-electron chi connectivity index (χ0n) is 18.0. The number of hydrogen-bond donors (Lipinski definition) is 1. The maximum Gasteiger partial charge on any atom is 0.339 e. The van der Waals surface area contributed by atoms with E-state index in [0.29, 0.717) is 0 Å². The van der Waals surface area contributed by atoms with Crippen LogP contribution >= 0.6 is 0 Å². The van der Waals surface area contributed by atoms with Crippen molar-refractivity contribution in [2.24, 2.45) is 0 Å². The van der Waals surface area contributed by atoms with Crippen LogP contribution in [-0.2, 0) is 28.8 Å². The number of carbonyl (C=O) groups is 1. The van der Waals surface area contributed by atoms with E-state index < -0.39 is 21.1 Å². The number of carboxylic acids is 1. The lowest BCUT2D eigenvalue weighted by Gasteiger charge is -2.18. The predicted molar refractivity (Wildman–Crippen MR) is 123 cm³/mol. The second-order valence-electron chi connectivity index (χ2n) is 7.67. The lowest BCUT2D eigenvalue weighted by Crippen LogP contribution is -2.17. The van der Waals surface area contributed by atoms with Gasteiger partial charge in [0.1, 0.15) is 30.3 Å². The van der Waals surface area contributed by atoms with E-state index in [1.54, 1.807) is 19.9 Å². The summed E-state index contributed by atoms with van der Waals surface area (Å²) in [6.07, 6.45) is 0. The molecule has 7 heteroatoms. The Balaban J connectivity index is 1.98. The van der Waals surface area contributed by atoms with E-state index in [-0.39, 0.29) is 41.6 Å². The average molecular weight is 455 g/mol. The molecule has 0 unspecified atom stereocenters. The molecule has 0 aliphatic carbocycles. The molecule has 0 aliphatic heterocycles. The molecule has 0 radical (unpaired) electrons. The molecule has 32 heavy (non-hydrogen) atoms. The van der Waals surface area contributed by atoms with Crippen LogP contribution in [0.2, 0.25) is 0 Å². The van der Waals surface area contributed by atoms with Gasteiger partial charge in [0.2, 0.25) is 0 Å². The summed E-state index contributed by atoms with van der Waals surface area (Å²) in [4.78, 5) is 12.0. The van der Waals surface area contributed by atoms with Crippen LogP contribution in [0.3, 0.4) is 0 Å². The predicted octanol–water partition coefficient (Wildman–Crippen LogP) is 4.87. The summed E-state index contributed by atoms with van der Waals surface area (Å²) in [7, 11) is -3.51. The first-order chi connectivity index (χ1) is 15.3. The Hall–Kier alpha value is -3.32. The molecule has 0 amide bonds. The van der Waals surface area contributed by atoms with Crippen molar-refractivity contribution in [1.29, 1.82) is 0 Å². The van der Waals surface area contributed by atoms with Gasteiger partial charge in [-0.3, -0.25) is 0 Å². The molecular weight excluding hydrogens is 428 g/mol. The molecule has 0 heterocycles. The van der Waals surface area contributed by atoms with Crippen molar-refractivity contribution in [3.8, 4) is 11.5 Å². The number of benzene rings is 3. The third kappa shape index (κ3) is 6.11. The van der Waals surface area contributed by atoms with Crippen molar-refractivity contribution in [2.75, 3.05) is 0 Å². The fourth-order valence-electron chi connectivity index (χ4n) is 3.03. The number of rotatable bonds is 10. The summed E-state index contributed by atoms with van der Waals surface area (Å²) in [5.41, 5.74) is 1.87. The quantitative estimate of drug-likeness (QED) is 0.470. The highest BCUT2D eigenvalue weighted by Crippen LogP contribution is 2.33. The van der Waals surface area contributed by atoms with Crippen LogP contribution in [0.25, 0.3) is 0 Å². The van der Waals surface area contributed by atoms with Gasteiger partial charge in [0.15, 0.2) is 9.84 Å². The highest BCUT2D eigenvalue weighted by atomic mass is 32.2. The molecule has 3 aromatic rings. The molecule has 168 valence electrons. The van der Waals surface area contributed by atoms with E-state index >= 15 is 0 Å². The molecule has 0 aliphatic rings. The Morgan fingerprint density at radius 1 is 0.875 bits per heavy atom. The van der Waals surface area contributed by atoms with E-state index in [4.69, 9.17) is 9.47 Å². The van der Waals surface area contributed by atoms with E-state index in [9.17, 15) is 18.3 Å². The van der Waals surface area contributed by atoms with Crippen molar-refractivity contribution in [3.05, 3.63) is 95.1 Å². The zero-order valence-corrected chi connectivity index (χ0v) is 18.8. The second kappa shape index (κ2) is 10.3. The number of aromatic carboxylic acids is 1. The van der Waals surface area contributed by atoms with Crippen LogP contribution < -0.4 is 9.47 Å². The molecule has 0 fully saturated rings. The van der Waals surface area contributed by atoms with Gasteiger partial charge >= 0.3 is 5.97 Å². The second-order valence-corrected chi connectivity index (χ2v) is 10.2. The summed E-state index contributed by atoms with van der Waals surface area (Å²) < 4.78 is 37.0. The van der Waals surface area contributed by atoms with Gasteiger partial charge in [-0.2, -0.15) is 0 Å². The average Bonchev–Trinajstić information content (AvgIpc) is 2.77. The Labute approximate surface area is 188 Å². The van der Waals surface area contributed by atoms with Gasteiger partial charge in [0, 0.05) is 5.56 Å². The molecule has 0 saturated carbocycles. The molecule has 3 aromatic carbocycles. The fourth-order valence-corrected chi connectivity index (χ4v) is 4.01. The monoisotopic (exact) mass is 454 g/mol. The summed E-state index contributed by atoms with van der Waals surface area (Å²) >= 11 is 0. The van der Waals surface area contributed by atoms with Crippen molar-refractivity contribution in [2.45, 2.75) is 38.1 Å². The zero-order chi connectivity index (χ0) is 23.1. The fraction of sp³-hybridized carbons (Fsp3) is 0.240. The summed E-state index contributed by atoms with van der Waals surface area (Å²) in [6.45, 7) is 3.52. The molecule has 1 N–H and O–H groups in total. The smallest absolute Gasteiger partial charge is 0.339 e. The van der Waals surface area contributed by atoms with Crippen LogP contribution in [0.1, 0.15) is 40.9 Å². The Kier molecular flexibility index (Phi) is 7.53. The maximum absolute atomic E-state index is 12.7. The highest BCUT2D eigenvalue weighted by Gasteiger charge is 2.24. The summed E-state index contributed by atoms with van der Waals surface area (Å²) in [6, 6.07) is 21.6. The maximum atomic E-state index is 12.7. The summed E-state index contributed by atoms with van der Waals surface area (Å²) in [5.74, 6) is -1.26. The standard InChI is InChI=1S/C25H26O6S/c1-18(2)32(28,29)17-21-13-22(30-15-19-9-5-3-6-10-19)14-23(25(26)27)24(21)31-16-20-11-7-4-8-12-20/h3-14,18H,15-17H2,1-2H3,(H,26,27). The summed E-state index contributed by atoms with van der Waals surface area (Å²) in [5, 5.41) is 9.20. The van der Waals surface area contributed by atoms with Crippen LogP contribution in [0, 0.1) is 0 Å². The minimum absolute atomic E-state index is 0.0395. The van der Waals surface area contributed by atoms with Gasteiger partial charge in [-0.1, -0.05) is 60.7 Å². The number of carboxylic acid groups (broad SMARTS) is 1. The Morgan fingerprint density at radius 2 is 1.41 bits per heavy atom. The first kappa shape index (κ1) is 23.3. The molecule has 0 spiro atoms. The topological polar surface area (TPSA) is 89.9 Å². The van der Waals surface area contributed by atoms with Gasteiger partial charge in [-0.15, -0.1) is 0 Å². The normalized spacial score (nSPS) is 11.3. The third-order valence-corrected chi connectivity index (χ3v) is 7.07. The number of hydrogen-bond acceptors (Lipinski definition) is 5. The van der Waals surface area contributed by atoms with Gasteiger partial charge in [-0.25, -0.2) is 13.2 Å². The Morgan fingerprint density at radius 3 is 1.91 bits per heavy atom. The minimum atomic E-state index is -3.51. The lowest BCUT2D eigenvalue weighted by molar-refractivity contribution is 0.0690. The highest BCUT2D eigenvalue weighted by molar-refractivity contribution is 7.91. The van der Waals surface area contributed by atoms with E-state index in [1.165, 1.54) is 6.07 Å². The lowest BCUT2D eigenvalue weighted by atomic mass is 10.1. The van der Waals surface area contributed by atoms with Crippen LogP contribution in [-0.4, -0.2) is 24.7 Å². The first-order valence-electron chi connectivity index (χ1n) is 10.2. The molecule has 6 nitrogen and oxygen atoms in total. The van der Waals surface area contributed by atoms with Gasteiger partial charge in [0.05, 0.1) is 11.0 Å². The number of ether oxygens (including phenoxy) is 2. The third-order valence-electron chi connectivity index (χ3n) is 4.92. The molecule has 3 rings (SSSR count). The number of sulfone groups is 1. The van der Waals surface area contributed by atoms with E-state index in [1.807, 2.05) is 60.7 Å². The van der Waals surface area contributed by atoms with E-state index in [0.717, 1.165) is 11.1 Å². The Bertz CT molecular complexity index is 1160. The van der Waals surface area contributed by atoms with Gasteiger partial charge < -0.3 is 14.6 Å². The largest absolute Gasteiger partial charge is 0.489 e.